The summed E-state index contributed by atoms with van der Waals surface area (Å²) in [5, 5.41) is 2.26. The van der Waals surface area contributed by atoms with Crippen LogP contribution in [0.1, 0.15) is 34.3 Å². The molecule has 8 nitrogen and oxygen atoms in total. The molecule has 1 atom stereocenters. The van der Waals surface area contributed by atoms with E-state index in [9.17, 15) is 22.8 Å². The van der Waals surface area contributed by atoms with Crippen molar-refractivity contribution in [2.24, 2.45) is 0 Å². The van der Waals surface area contributed by atoms with Crippen LogP contribution >= 0.6 is 0 Å². The van der Waals surface area contributed by atoms with Gasteiger partial charge in [-0.15, -0.1) is 0 Å². The highest BCUT2D eigenvalue weighted by Gasteiger charge is 2.39. The van der Waals surface area contributed by atoms with Gasteiger partial charge in [0.25, 0.3) is 15.9 Å². The van der Waals surface area contributed by atoms with Crippen LogP contribution in [0.15, 0.2) is 47.4 Å². The summed E-state index contributed by atoms with van der Waals surface area (Å²) in [6.45, 7) is 1.90. The van der Waals surface area contributed by atoms with E-state index in [0.717, 1.165) is 0 Å². The van der Waals surface area contributed by atoms with Crippen molar-refractivity contribution in [3.63, 3.8) is 0 Å². The zero-order valence-electron chi connectivity index (χ0n) is 15.6. The van der Waals surface area contributed by atoms with E-state index in [0.29, 0.717) is 22.4 Å². The molecule has 0 aromatic heterocycles. The van der Waals surface area contributed by atoms with Crippen LogP contribution in [0.2, 0.25) is 0 Å². The summed E-state index contributed by atoms with van der Waals surface area (Å²) in [5.41, 5.74) is 2.02. The number of piperidine rings is 1. The van der Waals surface area contributed by atoms with Crippen LogP contribution in [0.3, 0.4) is 0 Å². The molecule has 0 spiro atoms. The van der Waals surface area contributed by atoms with E-state index < -0.39 is 22.0 Å². The number of carbonyl (C=O) groups is 3. The van der Waals surface area contributed by atoms with Crippen molar-refractivity contribution in [2.45, 2.75) is 37.2 Å². The maximum Gasteiger partial charge on any atom is 0.262 e. The third kappa shape index (κ3) is 3.49. The molecule has 2 aromatic rings. The molecule has 2 aliphatic rings. The molecule has 2 N–H and O–H groups in total. The number of anilines is 1. The van der Waals surface area contributed by atoms with E-state index in [4.69, 9.17) is 0 Å². The highest BCUT2D eigenvalue weighted by Crippen LogP contribution is 2.30. The van der Waals surface area contributed by atoms with Gasteiger partial charge in [0.15, 0.2) is 0 Å². The number of nitrogens with one attached hydrogen (secondary N) is 2. The van der Waals surface area contributed by atoms with Crippen LogP contribution in [0.25, 0.3) is 0 Å². The first-order chi connectivity index (χ1) is 13.8. The van der Waals surface area contributed by atoms with Crippen LogP contribution in [0.4, 0.5) is 5.69 Å². The minimum absolute atomic E-state index is 0.179. The quantitative estimate of drug-likeness (QED) is 0.739. The molecule has 2 aliphatic heterocycles. The molecular formula is C20H19N3O5S. The molecule has 0 bridgehead atoms. The maximum atomic E-state index is 12.7. The van der Waals surface area contributed by atoms with E-state index in [1.165, 1.54) is 17.0 Å². The largest absolute Gasteiger partial charge is 0.322 e. The summed E-state index contributed by atoms with van der Waals surface area (Å²) in [5.74, 6) is -1.13. The van der Waals surface area contributed by atoms with Crippen molar-refractivity contribution in [1.82, 2.24) is 10.2 Å². The first-order valence-corrected chi connectivity index (χ1v) is 10.6. The lowest BCUT2D eigenvalue weighted by molar-refractivity contribution is -0.136. The van der Waals surface area contributed by atoms with Gasteiger partial charge in [-0.2, -0.15) is 0 Å². The summed E-state index contributed by atoms with van der Waals surface area (Å²) in [4.78, 5) is 37.8. The van der Waals surface area contributed by atoms with Gasteiger partial charge in [-0.05, 0) is 48.7 Å². The van der Waals surface area contributed by atoms with Gasteiger partial charge >= 0.3 is 0 Å². The van der Waals surface area contributed by atoms with E-state index in [1.807, 2.05) is 0 Å². The first-order valence-electron chi connectivity index (χ1n) is 9.12. The van der Waals surface area contributed by atoms with Crippen LogP contribution in [-0.4, -0.2) is 37.1 Å². The Labute approximate surface area is 168 Å². The van der Waals surface area contributed by atoms with Crippen LogP contribution < -0.4 is 10.0 Å². The van der Waals surface area contributed by atoms with Crippen molar-refractivity contribution in [3.8, 4) is 0 Å². The van der Waals surface area contributed by atoms with E-state index >= 15 is 0 Å². The molecule has 0 radical (unpaired) electrons. The zero-order valence-corrected chi connectivity index (χ0v) is 16.5. The van der Waals surface area contributed by atoms with Gasteiger partial charge in [-0.3, -0.25) is 24.4 Å². The number of imide groups is 1. The smallest absolute Gasteiger partial charge is 0.262 e. The van der Waals surface area contributed by atoms with E-state index in [1.54, 1.807) is 37.3 Å². The fourth-order valence-electron chi connectivity index (χ4n) is 3.71. The van der Waals surface area contributed by atoms with Crippen LogP contribution in [0.5, 0.6) is 0 Å². The number of benzene rings is 2. The number of amides is 3. The highest BCUT2D eigenvalue weighted by molar-refractivity contribution is 7.92. The molecule has 1 unspecified atom stereocenters. The lowest BCUT2D eigenvalue weighted by Gasteiger charge is -2.29. The molecule has 3 amide bonds. The molecule has 2 aromatic carbocycles. The normalized spacial score (nSPS) is 19.1. The van der Waals surface area contributed by atoms with E-state index in [2.05, 4.69) is 10.0 Å². The molecular weight excluding hydrogens is 394 g/mol. The Balaban J connectivity index is 1.57. The van der Waals surface area contributed by atoms with Gasteiger partial charge in [0.2, 0.25) is 11.8 Å². The topological polar surface area (TPSA) is 113 Å². The molecule has 4 rings (SSSR count). The summed E-state index contributed by atoms with van der Waals surface area (Å²) < 4.78 is 27.9. The second kappa shape index (κ2) is 7.00. The summed E-state index contributed by atoms with van der Waals surface area (Å²) in [6.07, 6.45) is 0.454. The van der Waals surface area contributed by atoms with Crippen molar-refractivity contribution in [1.29, 1.82) is 0 Å². The number of aryl methyl sites for hydroxylation is 1. The number of fused-ring (bicyclic) bond motifs is 1. The molecule has 9 heteroatoms. The minimum atomic E-state index is -3.77. The zero-order chi connectivity index (χ0) is 20.8. The predicted octanol–water partition coefficient (Wildman–Crippen LogP) is 1.56. The summed E-state index contributed by atoms with van der Waals surface area (Å²) in [6, 6.07) is 10.6. The Morgan fingerprint density at radius 1 is 1.10 bits per heavy atom. The van der Waals surface area contributed by atoms with Crippen molar-refractivity contribution in [2.75, 3.05) is 4.72 Å². The molecule has 0 saturated carbocycles. The molecule has 0 aliphatic carbocycles. The lowest BCUT2D eigenvalue weighted by Crippen LogP contribution is -2.52. The average molecular weight is 413 g/mol. The number of hydrogen-bond acceptors (Lipinski definition) is 5. The second-order valence-corrected chi connectivity index (χ2v) is 8.79. The van der Waals surface area contributed by atoms with Gasteiger partial charge in [0, 0.05) is 24.2 Å². The lowest BCUT2D eigenvalue weighted by atomic mass is 10.0. The Morgan fingerprint density at radius 2 is 1.86 bits per heavy atom. The van der Waals surface area contributed by atoms with E-state index in [-0.39, 0.29) is 36.1 Å². The Bertz CT molecular complexity index is 1140. The van der Waals surface area contributed by atoms with Gasteiger partial charge in [0.05, 0.1) is 4.90 Å². The third-order valence-electron chi connectivity index (χ3n) is 5.16. The summed E-state index contributed by atoms with van der Waals surface area (Å²) >= 11 is 0. The fraction of sp³-hybridized carbons (Fsp3) is 0.250. The predicted molar refractivity (Wildman–Crippen MR) is 104 cm³/mol. The number of carbonyl (C=O) groups excluding carboxylic acids is 3. The molecule has 1 fully saturated rings. The van der Waals surface area contributed by atoms with Crippen LogP contribution in [-0.2, 0) is 26.2 Å². The Morgan fingerprint density at radius 3 is 2.59 bits per heavy atom. The molecule has 2 heterocycles. The standard InChI is InChI=1S/C20H19N3O5S/c1-12-4-2-3-5-17(12)29(27,28)22-14-6-7-15-13(10-14)11-23(20(15)26)16-8-9-18(24)21-19(16)25/h2-7,10,16,22H,8-9,11H2,1H3,(H,21,24,25). The Kier molecular flexibility index (Phi) is 4.62. The van der Waals surface area contributed by atoms with Gasteiger partial charge in [-0.25, -0.2) is 8.42 Å². The van der Waals surface area contributed by atoms with Crippen molar-refractivity contribution < 1.29 is 22.8 Å². The van der Waals surface area contributed by atoms with Crippen LogP contribution in [0, 0.1) is 6.92 Å². The fourth-order valence-corrected chi connectivity index (χ4v) is 5.00. The third-order valence-corrected chi connectivity index (χ3v) is 6.70. The number of hydrogen-bond donors (Lipinski definition) is 2. The summed E-state index contributed by atoms with van der Waals surface area (Å²) in [7, 11) is -3.77. The minimum Gasteiger partial charge on any atom is -0.322 e. The Hall–Kier alpha value is -3.20. The average Bonchev–Trinajstić information content (AvgIpc) is 2.97. The first kappa shape index (κ1) is 19.1. The van der Waals surface area contributed by atoms with Crippen molar-refractivity contribution in [3.05, 3.63) is 59.2 Å². The maximum absolute atomic E-state index is 12.7. The van der Waals surface area contributed by atoms with Gasteiger partial charge in [-0.1, -0.05) is 18.2 Å². The van der Waals surface area contributed by atoms with Crippen molar-refractivity contribution >= 4 is 33.4 Å². The number of rotatable bonds is 4. The molecule has 29 heavy (non-hydrogen) atoms. The molecule has 1 saturated heterocycles. The SMILES string of the molecule is Cc1ccccc1S(=O)(=O)Nc1ccc2c(c1)CN(C1CCC(=O)NC1=O)C2=O. The number of sulfonamides is 1. The monoisotopic (exact) mass is 413 g/mol. The highest BCUT2D eigenvalue weighted by atomic mass is 32.2. The second-order valence-electron chi connectivity index (χ2n) is 7.14. The number of nitrogens with zero attached hydrogens (tertiary/aromatic N) is 1. The van der Waals surface area contributed by atoms with Gasteiger partial charge in [0.1, 0.15) is 6.04 Å². The molecule has 150 valence electrons. The van der Waals surface area contributed by atoms with Gasteiger partial charge < -0.3 is 4.90 Å².